The molecular weight excluding hydrogens is 321 g/mol. The van der Waals surface area contributed by atoms with Crippen molar-refractivity contribution in [2.24, 2.45) is 0 Å². The van der Waals surface area contributed by atoms with E-state index < -0.39 is 0 Å². The van der Waals surface area contributed by atoms with Gasteiger partial charge in [0.1, 0.15) is 5.75 Å². The summed E-state index contributed by atoms with van der Waals surface area (Å²) in [6.45, 7) is 4.06. The lowest BCUT2D eigenvalue weighted by molar-refractivity contribution is -0.118. The molecule has 0 saturated carbocycles. The topological polar surface area (TPSA) is 38.3 Å². The number of benzene rings is 2. The van der Waals surface area contributed by atoms with Crippen LogP contribution in [-0.4, -0.2) is 12.5 Å². The van der Waals surface area contributed by atoms with Crippen LogP contribution in [0.4, 0.5) is 5.69 Å². The summed E-state index contributed by atoms with van der Waals surface area (Å²) in [6, 6.07) is 12.8. The van der Waals surface area contributed by atoms with E-state index in [0.29, 0.717) is 27.4 Å². The molecule has 2 aromatic carbocycles. The van der Waals surface area contributed by atoms with Crippen LogP contribution in [0.15, 0.2) is 42.5 Å². The number of halogens is 2. The van der Waals surface area contributed by atoms with Crippen molar-refractivity contribution in [3.63, 3.8) is 0 Å². The number of ether oxygens (including phenoxy) is 1. The molecule has 22 heavy (non-hydrogen) atoms. The van der Waals surface area contributed by atoms with Crippen LogP contribution in [0.1, 0.15) is 25.3 Å². The van der Waals surface area contributed by atoms with Crippen molar-refractivity contribution in [1.82, 2.24) is 0 Å². The molecule has 1 N–H and O–H groups in total. The Morgan fingerprint density at radius 2 is 1.86 bits per heavy atom. The molecule has 0 unspecified atom stereocenters. The normalized spacial score (nSPS) is 10.6. The molecule has 0 aromatic heterocycles. The fourth-order valence-electron chi connectivity index (χ4n) is 2.02. The smallest absolute Gasteiger partial charge is 0.262 e. The Kier molecular flexibility index (Phi) is 5.69. The molecule has 116 valence electrons. The second-order valence-electron chi connectivity index (χ2n) is 5.13. The first-order valence-corrected chi connectivity index (χ1v) is 7.70. The number of rotatable bonds is 5. The third-order valence-corrected chi connectivity index (χ3v) is 3.94. The molecule has 0 spiro atoms. The number of carbonyl (C=O) groups excluding carboxylic acids is 1. The van der Waals surface area contributed by atoms with Gasteiger partial charge in [-0.15, -0.1) is 0 Å². The SMILES string of the molecule is CC(C)c1ccccc1OCC(=O)Nc1cccc(Cl)c1Cl. The molecule has 0 fully saturated rings. The van der Waals surface area contributed by atoms with Crippen molar-refractivity contribution in [1.29, 1.82) is 0 Å². The monoisotopic (exact) mass is 337 g/mol. The molecule has 0 aliphatic carbocycles. The number of hydrogen-bond donors (Lipinski definition) is 1. The summed E-state index contributed by atoms with van der Waals surface area (Å²) < 4.78 is 5.61. The summed E-state index contributed by atoms with van der Waals surface area (Å²) in [5, 5.41) is 3.40. The molecule has 0 bridgehead atoms. The van der Waals surface area contributed by atoms with E-state index in [-0.39, 0.29) is 12.5 Å². The largest absolute Gasteiger partial charge is 0.483 e. The van der Waals surface area contributed by atoms with E-state index in [2.05, 4.69) is 19.2 Å². The molecule has 0 atom stereocenters. The van der Waals surface area contributed by atoms with Gasteiger partial charge in [0, 0.05) is 0 Å². The minimum absolute atomic E-state index is 0.0907. The molecule has 5 heteroatoms. The third kappa shape index (κ3) is 4.15. The quantitative estimate of drug-likeness (QED) is 0.820. The van der Waals surface area contributed by atoms with Gasteiger partial charge in [0.05, 0.1) is 15.7 Å². The first-order valence-electron chi connectivity index (χ1n) is 6.94. The molecule has 0 radical (unpaired) electrons. The Balaban J connectivity index is 2.00. The van der Waals surface area contributed by atoms with E-state index in [0.717, 1.165) is 5.56 Å². The predicted octanol–water partition coefficient (Wildman–Crippen LogP) is 5.13. The lowest BCUT2D eigenvalue weighted by atomic mass is 10.0. The Morgan fingerprint density at radius 3 is 2.59 bits per heavy atom. The van der Waals surface area contributed by atoms with E-state index in [1.807, 2.05) is 24.3 Å². The van der Waals surface area contributed by atoms with E-state index in [9.17, 15) is 4.79 Å². The molecule has 0 heterocycles. The van der Waals surface area contributed by atoms with Crippen molar-refractivity contribution in [3.8, 4) is 5.75 Å². The minimum Gasteiger partial charge on any atom is -0.483 e. The highest BCUT2D eigenvalue weighted by atomic mass is 35.5. The van der Waals surface area contributed by atoms with Gasteiger partial charge in [0.2, 0.25) is 0 Å². The van der Waals surface area contributed by atoms with Crippen LogP contribution in [0.3, 0.4) is 0 Å². The van der Waals surface area contributed by atoms with Gasteiger partial charge >= 0.3 is 0 Å². The van der Waals surface area contributed by atoms with E-state index >= 15 is 0 Å². The van der Waals surface area contributed by atoms with Gasteiger partial charge in [-0.25, -0.2) is 0 Å². The Morgan fingerprint density at radius 1 is 1.14 bits per heavy atom. The lowest BCUT2D eigenvalue weighted by Gasteiger charge is -2.14. The number of anilines is 1. The number of amides is 1. The van der Waals surface area contributed by atoms with Crippen molar-refractivity contribution < 1.29 is 9.53 Å². The van der Waals surface area contributed by atoms with Gasteiger partial charge in [0.15, 0.2) is 6.61 Å². The van der Waals surface area contributed by atoms with Crippen molar-refractivity contribution in [2.45, 2.75) is 19.8 Å². The van der Waals surface area contributed by atoms with E-state index in [1.165, 1.54) is 0 Å². The fourth-order valence-corrected chi connectivity index (χ4v) is 2.37. The van der Waals surface area contributed by atoms with Crippen LogP contribution in [-0.2, 0) is 4.79 Å². The first kappa shape index (κ1) is 16.7. The van der Waals surface area contributed by atoms with Crippen LogP contribution in [0, 0.1) is 0 Å². The van der Waals surface area contributed by atoms with Crippen LogP contribution in [0.5, 0.6) is 5.75 Å². The summed E-state index contributed by atoms with van der Waals surface area (Å²) >= 11 is 11.9. The van der Waals surface area contributed by atoms with Crippen molar-refractivity contribution in [2.75, 3.05) is 11.9 Å². The third-order valence-electron chi connectivity index (χ3n) is 3.13. The number of hydrogen-bond acceptors (Lipinski definition) is 2. The second kappa shape index (κ2) is 7.52. The first-order chi connectivity index (χ1) is 10.5. The number of para-hydroxylation sites is 1. The lowest BCUT2D eigenvalue weighted by Crippen LogP contribution is -2.20. The molecule has 0 aliphatic rings. The minimum atomic E-state index is -0.289. The van der Waals surface area contributed by atoms with Gasteiger partial charge in [0.25, 0.3) is 5.91 Å². The summed E-state index contributed by atoms with van der Waals surface area (Å²) in [5.74, 6) is 0.745. The Labute approximate surface area is 140 Å². The second-order valence-corrected chi connectivity index (χ2v) is 5.92. The van der Waals surface area contributed by atoms with Gasteiger partial charge < -0.3 is 10.1 Å². The summed E-state index contributed by atoms with van der Waals surface area (Å²) in [5.41, 5.74) is 1.54. The molecule has 2 rings (SSSR count). The van der Waals surface area contributed by atoms with Crippen molar-refractivity contribution >= 4 is 34.8 Å². The highest BCUT2D eigenvalue weighted by molar-refractivity contribution is 6.43. The maximum atomic E-state index is 12.0. The van der Waals surface area contributed by atoms with Gasteiger partial charge in [-0.1, -0.05) is 61.3 Å². The average molecular weight is 338 g/mol. The predicted molar refractivity (Wildman–Crippen MR) is 91.1 cm³/mol. The molecule has 0 aliphatic heterocycles. The molecule has 2 aromatic rings. The van der Waals surface area contributed by atoms with Crippen LogP contribution >= 0.6 is 23.2 Å². The van der Waals surface area contributed by atoms with Gasteiger partial charge in [-0.05, 0) is 29.7 Å². The van der Waals surface area contributed by atoms with Crippen LogP contribution < -0.4 is 10.1 Å². The standard InChI is InChI=1S/C17H17Cl2NO2/c1-11(2)12-6-3-4-9-15(12)22-10-16(21)20-14-8-5-7-13(18)17(14)19/h3-9,11H,10H2,1-2H3,(H,20,21). The highest BCUT2D eigenvalue weighted by Crippen LogP contribution is 2.29. The molecule has 3 nitrogen and oxygen atoms in total. The van der Waals surface area contributed by atoms with E-state index in [1.54, 1.807) is 18.2 Å². The number of nitrogens with one attached hydrogen (secondary N) is 1. The maximum absolute atomic E-state index is 12.0. The molecular formula is C17H17Cl2NO2. The van der Waals surface area contributed by atoms with Gasteiger partial charge in [-0.3, -0.25) is 4.79 Å². The van der Waals surface area contributed by atoms with E-state index in [4.69, 9.17) is 27.9 Å². The molecule has 0 saturated heterocycles. The van der Waals surface area contributed by atoms with Crippen molar-refractivity contribution in [3.05, 3.63) is 58.1 Å². The number of carbonyl (C=O) groups is 1. The van der Waals surface area contributed by atoms with Crippen LogP contribution in [0.2, 0.25) is 10.0 Å². The Bertz CT molecular complexity index is 671. The average Bonchev–Trinajstić information content (AvgIpc) is 2.50. The summed E-state index contributed by atoms with van der Waals surface area (Å²) in [4.78, 5) is 12.0. The zero-order valence-electron chi connectivity index (χ0n) is 12.4. The highest BCUT2D eigenvalue weighted by Gasteiger charge is 2.11. The summed E-state index contributed by atoms with van der Waals surface area (Å²) in [6.07, 6.45) is 0. The Hall–Kier alpha value is -1.71. The van der Waals surface area contributed by atoms with Gasteiger partial charge in [-0.2, -0.15) is 0 Å². The maximum Gasteiger partial charge on any atom is 0.262 e. The zero-order valence-corrected chi connectivity index (χ0v) is 13.9. The van der Waals surface area contributed by atoms with Crippen LogP contribution in [0.25, 0.3) is 0 Å². The zero-order chi connectivity index (χ0) is 16.1. The molecule has 1 amide bonds. The fraction of sp³-hybridized carbons (Fsp3) is 0.235. The summed E-state index contributed by atoms with van der Waals surface area (Å²) in [7, 11) is 0.